The van der Waals surface area contributed by atoms with Crippen molar-refractivity contribution >= 4 is 118 Å². The van der Waals surface area contributed by atoms with E-state index < -0.39 is 243 Å². The van der Waals surface area contributed by atoms with Crippen LogP contribution in [0.1, 0.15) is 138 Å². The number of unbranched alkanes of at least 4 members (excludes halogenated alkanes) is 2. The molecule has 0 aromatic rings. The third-order valence-corrected chi connectivity index (χ3v) is 15.8. The third-order valence-electron chi connectivity index (χ3n) is 15.1. The van der Waals surface area contributed by atoms with Crippen LogP contribution in [0.3, 0.4) is 0 Å². The molecule has 0 unspecified atom stereocenters. The zero-order chi connectivity index (χ0) is 78.8. The Morgan fingerprint density at radius 3 is 1.07 bits per heavy atom. The second-order valence-corrected chi connectivity index (χ2v) is 25.6. The lowest BCUT2D eigenvalue weighted by molar-refractivity contribution is -0.143. The second-order valence-electron chi connectivity index (χ2n) is 24.6. The number of rotatable bonds is 53. The molecule has 0 aliphatic heterocycles. The van der Waals surface area contributed by atoms with Gasteiger partial charge in [-0.1, -0.05) is 13.8 Å². The number of hydrogen-bond acceptors (Lipinski definition) is 24. The van der Waals surface area contributed by atoms with Crippen molar-refractivity contribution in [3.63, 3.8) is 0 Å². The number of carbonyl (C=O) groups excluding carboxylic acids is 15. The highest BCUT2D eigenvalue weighted by Gasteiger charge is 2.36. The van der Waals surface area contributed by atoms with Crippen molar-refractivity contribution in [1.29, 1.82) is 0 Å². The van der Waals surface area contributed by atoms with E-state index >= 15 is 0 Å². The van der Waals surface area contributed by atoms with Crippen molar-refractivity contribution in [1.82, 2.24) is 74.4 Å². The summed E-state index contributed by atoms with van der Waals surface area (Å²) >= 11 is 1.32. The van der Waals surface area contributed by atoms with Crippen LogP contribution >= 0.6 is 11.8 Å². The minimum Gasteiger partial charge on any atom is -0.481 e. The highest BCUT2D eigenvalue weighted by Crippen LogP contribution is 2.11. The Morgan fingerprint density at radius 1 is 0.359 bits per heavy atom. The van der Waals surface area contributed by atoms with Gasteiger partial charge in [-0.2, -0.15) is 11.8 Å². The molecule has 14 atom stereocenters. The van der Waals surface area contributed by atoms with E-state index in [9.17, 15) is 107 Å². The minimum absolute atomic E-state index is 0.00687. The van der Waals surface area contributed by atoms with Gasteiger partial charge < -0.3 is 123 Å². The molecular weight excluding hydrogens is 1380 g/mol. The fraction of sp³-hybridized carbons (Fsp3) is 0.705. The Bertz CT molecular complexity index is 2910. The van der Waals surface area contributed by atoms with E-state index in [4.69, 9.17) is 28.0 Å². The number of nitrogens with one attached hydrogen (secondary N) is 14. The summed E-state index contributed by atoms with van der Waals surface area (Å²) in [5, 5.41) is 80.4. The molecule has 0 fully saturated rings. The van der Waals surface area contributed by atoms with E-state index in [0.29, 0.717) is 31.4 Å². The van der Waals surface area contributed by atoms with Crippen molar-refractivity contribution in [2.75, 3.05) is 44.9 Å². The molecule has 0 aromatic heterocycles. The van der Waals surface area contributed by atoms with Crippen LogP contribution < -0.4 is 97.4 Å². The van der Waals surface area contributed by atoms with Crippen molar-refractivity contribution in [3.8, 4) is 0 Å². The molecule has 0 rings (SSSR count). The molecule has 0 aromatic carbocycles. The first-order valence-electron chi connectivity index (χ1n) is 33.3. The number of carboxylic acids is 3. The number of nitrogens with two attached hydrogens (primary N) is 4. The molecule has 0 radical (unpaired) electrons. The molecule has 0 aliphatic rings. The first-order chi connectivity index (χ1) is 48.3. The Kier molecular flexibility index (Phi) is 45.5. The maximum Gasteiger partial charge on any atom is 0.326 e. The third kappa shape index (κ3) is 38.5. The Balaban J connectivity index is 6.10. The summed E-state index contributed by atoms with van der Waals surface area (Å²) in [5.41, 5.74) is 22.1. The number of aliphatic hydroxyl groups excluding tert-OH is 2. The fourth-order valence-electron chi connectivity index (χ4n) is 9.09. The minimum atomic E-state index is -1.81. The van der Waals surface area contributed by atoms with E-state index in [0.717, 1.165) is 6.92 Å². The van der Waals surface area contributed by atoms with Gasteiger partial charge in [-0.15, -0.1) is 0 Å². The first-order valence-corrected chi connectivity index (χ1v) is 34.7. The number of aliphatic carboxylic acids is 3. The summed E-state index contributed by atoms with van der Waals surface area (Å²) in [4.78, 5) is 233. The lowest BCUT2D eigenvalue weighted by atomic mass is 10.0. The van der Waals surface area contributed by atoms with Gasteiger partial charge in [0.25, 0.3) is 0 Å². The van der Waals surface area contributed by atoms with Gasteiger partial charge in [0.2, 0.25) is 88.6 Å². The normalized spacial score (nSPS) is 15.1. The molecule has 27 N–H and O–H groups in total. The SMILES string of the molecule is CSCC[C@H](NC(=O)[C@@H](N)CO)C(=O)N[C@@H](CCC(N)=O)C(=O)N[C@@H](C)C(=O)N[C@@H](CO)C(=O)N[C@@H](CC(C)C)C(=O)N[C@@H](CCC(=O)O)C(=O)N[C@@H](C)C(=O)N[C@@H](C)C(=O)N[C@@H](C)C(=O)N[C@@H](CCCCN)C(=O)NCC(=O)N[C@@H](CCCCN)C(=O)N[C@@H](C)C(=O)N[C@@H](CCC(=O)O)C(=O)O. The van der Waals surface area contributed by atoms with Gasteiger partial charge in [0.1, 0.15) is 84.6 Å². The molecule has 42 heteroatoms. The van der Waals surface area contributed by atoms with Crippen LogP contribution in [0.4, 0.5) is 0 Å². The molecule has 0 heterocycles. The molecule has 0 saturated heterocycles. The molecular formula is C61H106N18O23S. The topological polar surface area (TPSA) is 681 Å². The average molecular weight is 1490 g/mol. The molecule has 0 spiro atoms. The molecule has 0 saturated carbocycles. The number of carbonyl (C=O) groups is 18. The van der Waals surface area contributed by atoms with E-state index in [-0.39, 0.29) is 51.1 Å². The number of amides is 15. The van der Waals surface area contributed by atoms with Crippen molar-refractivity contribution < 1.29 is 112 Å². The molecule has 0 bridgehead atoms. The zero-order valence-electron chi connectivity index (χ0n) is 59.1. The standard InChI is InChI=1S/C61H106N18O23S/c1-29(2)25-42(78-60(100)43(28-81)79-52(92)34(7)71-56(96)38(15-18-44(65)82)75-58(98)40(21-24-103-8)74-53(93)35(64)27-80)59(99)76-39(16-19-46(84)85)57(97)69-31(4)49(89)67-30(3)48(88)68-32(5)50(90)73-36(13-9-11-22-62)54(94)66-26-45(83)72-37(14-10-12-23-63)55(95)70-33(6)51(91)77-41(61(101)102)17-20-47(86)87/h29-43,80-81H,9-28,62-64H2,1-8H3,(H2,65,82)(H,66,94)(H,67,89)(H,68,88)(H,69,97)(H,70,95)(H,71,96)(H,72,83)(H,73,90)(H,74,93)(H,75,98)(H,76,99)(H,77,91)(H,78,100)(H,79,92)(H,84,85)(H,86,87)(H,101,102)/t30-,31-,32-,33-,34-,35-,36-,37-,38-,39-,40-,41-,42-,43-/m0/s1. The van der Waals surface area contributed by atoms with Crippen LogP contribution in [0.5, 0.6) is 0 Å². The van der Waals surface area contributed by atoms with Crippen LogP contribution in [-0.2, 0) is 86.3 Å². The highest BCUT2D eigenvalue weighted by atomic mass is 32.2. The first kappa shape index (κ1) is 93.6. The van der Waals surface area contributed by atoms with Gasteiger partial charge in [0.15, 0.2) is 0 Å². The predicted molar refractivity (Wildman–Crippen MR) is 367 cm³/mol. The van der Waals surface area contributed by atoms with Gasteiger partial charge in [0.05, 0.1) is 19.8 Å². The van der Waals surface area contributed by atoms with Crippen LogP contribution in [0.15, 0.2) is 0 Å². The van der Waals surface area contributed by atoms with E-state index in [1.165, 1.54) is 39.5 Å². The van der Waals surface area contributed by atoms with E-state index in [1.807, 2.05) is 0 Å². The Morgan fingerprint density at radius 2 is 0.680 bits per heavy atom. The summed E-state index contributed by atoms with van der Waals surface area (Å²) < 4.78 is 0. The summed E-state index contributed by atoms with van der Waals surface area (Å²) in [6, 6.07) is -20.6. The Hall–Kier alpha value is -9.39. The maximum atomic E-state index is 13.9. The molecule has 103 heavy (non-hydrogen) atoms. The number of thioether (sulfide) groups is 1. The number of carboxylic acid groups (broad SMARTS) is 3. The van der Waals surface area contributed by atoms with Gasteiger partial charge in [-0.25, -0.2) is 4.79 Å². The molecule has 41 nitrogen and oxygen atoms in total. The van der Waals surface area contributed by atoms with Crippen LogP contribution in [0, 0.1) is 5.92 Å². The second kappa shape index (κ2) is 50.1. The van der Waals surface area contributed by atoms with Crippen molar-refractivity contribution in [3.05, 3.63) is 0 Å². The number of aliphatic hydroxyl groups is 2. The van der Waals surface area contributed by atoms with Gasteiger partial charge in [-0.3, -0.25) is 81.5 Å². The largest absolute Gasteiger partial charge is 0.481 e. The summed E-state index contributed by atoms with van der Waals surface area (Å²) in [7, 11) is 0. The average Bonchev–Trinajstić information content (AvgIpc) is 0.883. The lowest BCUT2D eigenvalue weighted by Gasteiger charge is -2.27. The van der Waals surface area contributed by atoms with Crippen LogP contribution in [-0.4, -0.2) is 261 Å². The smallest absolute Gasteiger partial charge is 0.326 e. The Labute approximate surface area is 599 Å². The predicted octanol–water partition coefficient (Wildman–Crippen LogP) is -9.05. The highest BCUT2D eigenvalue weighted by molar-refractivity contribution is 7.98. The van der Waals surface area contributed by atoms with Gasteiger partial charge >= 0.3 is 17.9 Å². The molecule has 584 valence electrons. The fourth-order valence-corrected chi connectivity index (χ4v) is 9.56. The van der Waals surface area contributed by atoms with E-state index in [1.54, 1.807) is 20.1 Å². The lowest BCUT2D eigenvalue weighted by Crippen LogP contribution is -2.60. The van der Waals surface area contributed by atoms with Gasteiger partial charge in [0, 0.05) is 19.3 Å². The number of primary amides is 1. The molecule has 0 aliphatic carbocycles. The quantitative estimate of drug-likeness (QED) is 0.0252. The van der Waals surface area contributed by atoms with Crippen molar-refractivity contribution in [2.45, 2.75) is 223 Å². The summed E-state index contributed by atoms with van der Waals surface area (Å²) in [6.45, 7) is 7.17. The summed E-state index contributed by atoms with van der Waals surface area (Å²) in [6.07, 6.45) is -0.0805. The number of hydrogen-bond donors (Lipinski definition) is 23. The van der Waals surface area contributed by atoms with Gasteiger partial charge in [-0.05, 0) is 136 Å². The van der Waals surface area contributed by atoms with E-state index in [2.05, 4.69) is 74.4 Å². The van der Waals surface area contributed by atoms with Crippen LogP contribution in [0.2, 0.25) is 0 Å². The zero-order valence-corrected chi connectivity index (χ0v) is 59.9. The monoisotopic (exact) mass is 1490 g/mol. The van der Waals surface area contributed by atoms with Crippen molar-refractivity contribution in [2.24, 2.45) is 28.9 Å². The molecule has 15 amide bonds. The van der Waals surface area contributed by atoms with Crippen LogP contribution in [0.25, 0.3) is 0 Å². The maximum absolute atomic E-state index is 13.9. The summed E-state index contributed by atoms with van der Waals surface area (Å²) in [5.74, 6) is -18.7.